The predicted molar refractivity (Wildman–Crippen MR) is 78.6 cm³/mol. The molecule has 2 unspecified atom stereocenters. The number of hydrogen-bond donors (Lipinski definition) is 2. The number of carboxylic acid groups (broad SMARTS) is 1. The monoisotopic (exact) mass is 298 g/mol. The van der Waals surface area contributed by atoms with Crippen molar-refractivity contribution in [2.24, 2.45) is 11.8 Å². The largest absolute Gasteiger partial charge is 0.481 e. The molecule has 1 aliphatic rings. The van der Waals surface area contributed by atoms with Gasteiger partial charge in [0.15, 0.2) is 0 Å². The van der Waals surface area contributed by atoms with Crippen LogP contribution in [0, 0.1) is 11.8 Å². The molecule has 1 rings (SSSR count). The lowest BCUT2D eigenvalue weighted by Crippen LogP contribution is -2.34. The summed E-state index contributed by atoms with van der Waals surface area (Å²) in [5, 5.41) is 11.6. The first-order valence-corrected chi connectivity index (χ1v) is 7.75. The smallest absolute Gasteiger partial charge is 0.303 e. The number of amides is 2. The van der Waals surface area contributed by atoms with Crippen LogP contribution in [0.1, 0.15) is 46.0 Å². The molecule has 0 radical (unpaired) electrons. The van der Waals surface area contributed by atoms with Crippen molar-refractivity contribution < 1.29 is 19.5 Å². The van der Waals surface area contributed by atoms with Crippen LogP contribution in [0.4, 0.5) is 0 Å². The molecule has 2 amide bonds. The molecule has 1 heterocycles. The van der Waals surface area contributed by atoms with E-state index in [0.29, 0.717) is 38.4 Å². The van der Waals surface area contributed by atoms with Crippen molar-refractivity contribution in [3.05, 3.63) is 0 Å². The SMILES string of the molecule is CCC(CCNC(=O)C1CC(=O)N(CC)C1)CCC(=O)O. The lowest BCUT2D eigenvalue weighted by Gasteiger charge is -2.16. The Hall–Kier alpha value is -1.59. The Morgan fingerprint density at radius 3 is 2.62 bits per heavy atom. The summed E-state index contributed by atoms with van der Waals surface area (Å²) in [6.07, 6.45) is 2.82. The zero-order valence-corrected chi connectivity index (χ0v) is 12.9. The van der Waals surface area contributed by atoms with Gasteiger partial charge in [0.05, 0.1) is 5.92 Å². The Bertz CT molecular complexity index is 384. The van der Waals surface area contributed by atoms with Crippen LogP contribution in [0.5, 0.6) is 0 Å². The van der Waals surface area contributed by atoms with Gasteiger partial charge in [0.25, 0.3) is 0 Å². The van der Waals surface area contributed by atoms with Crippen molar-refractivity contribution in [1.82, 2.24) is 10.2 Å². The molecule has 2 N–H and O–H groups in total. The highest BCUT2D eigenvalue weighted by atomic mass is 16.4. The second-order valence-corrected chi connectivity index (χ2v) is 5.62. The fourth-order valence-electron chi connectivity index (χ4n) is 2.68. The number of nitrogens with one attached hydrogen (secondary N) is 1. The van der Waals surface area contributed by atoms with Crippen LogP contribution in [-0.4, -0.2) is 47.4 Å². The predicted octanol–water partition coefficient (Wildman–Crippen LogP) is 1.25. The number of nitrogens with zero attached hydrogens (tertiary/aromatic N) is 1. The number of carboxylic acids is 1. The van der Waals surface area contributed by atoms with Crippen LogP contribution in [0.3, 0.4) is 0 Å². The van der Waals surface area contributed by atoms with Crippen molar-refractivity contribution in [3.8, 4) is 0 Å². The first-order chi connectivity index (χ1) is 9.97. The average molecular weight is 298 g/mol. The lowest BCUT2D eigenvalue weighted by molar-refractivity contribution is -0.137. The molecular formula is C15H26N2O4. The second-order valence-electron chi connectivity index (χ2n) is 5.62. The van der Waals surface area contributed by atoms with Gasteiger partial charge in [0, 0.05) is 32.5 Å². The molecule has 0 saturated carbocycles. The van der Waals surface area contributed by atoms with Gasteiger partial charge < -0.3 is 15.3 Å². The maximum absolute atomic E-state index is 12.0. The van der Waals surface area contributed by atoms with Crippen molar-refractivity contribution in [2.45, 2.75) is 46.0 Å². The molecule has 0 aromatic rings. The normalized spacial score (nSPS) is 19.6. The lowest BCUT2D eigenvalue weighted by atomic mass is 9.96. The Morgan fingerprint density at radius 2 is 2.10 bits per heavy atom. The van der Waals surface area contributed by atoms with E-state index in [-0.39, 0.29) is 24.2 Å². The van der Waals surface area contributed by atoms with Gasteiger partial charge in [-0.05, 0) is 25.7 Å². The minimum absolute atomic E-state index is 0.0468. The number of hydrogen-bond acceptors (Lipinski definition) is 3. The average Bonchev–Trinajstić information content (AvgIpc) is 2.83. The summed E-state index contributed by atoms with van der Waals surface area (Å²) >= 11 is 0. The third-order valence-electron chi connectivity index (χ3n) is 4.16. The Labute approximate surface area is 125 Å². The van der Waals surface area contributed by atoms with Gasteiger partial charge in [0.1, 0.15) is 0 Å². The Morgan fingerprint density at radius 1 is 1.38 bits per heavy atom. The molecule has 1 saturated heterocycles. The van der Waals surface area contributed by atoms with Gasteiger partial charge in [-0.15, -0.1) is 0 Å². The van der Waals surface area contributed by atoms with E-state index in [4.69, 9.17) is 5.11 Å². The molecule has 6 nitrogen and oxygen atoms in total. The third kappa shape index (κ3) is 5.73. The molecule has 0 aromatic carbocycles. The van der Waals surface area contributed by atoms with Gasteiger partial charge in [-0.1, -0.05) is 13.3 Å². The van der Waals surface area contributed by atoms with Gasteiger partial charge in [-0.25, -0.2) is 0 Å². The van der Waals surface area contributed by atoms with Crippen LogP contribution in [-0.2, 0) is 14.4 Å². The second kappa shape index (κ2) is 8.64. The molecule has 1 aliphatic heterocycles. The summed E-state index contributed by atoms with van der Waals surface area (Å²) in [5.74, 6) is -0.713. The molecule has 6 heteroatoms. The fraction of sp³-hybridized carbons (Fsp3) is 0.800. The number of aliphatic carboxylic acids is 1. The molecule has 2 atom stereocenters. The minimum Gasteiger partial charge on any atom is -0.481 e. The van der Waals surface area contributed by atoms with Crippen molar-refractivity contribution in [3.63, 3.8) is 0 Å². The summed E-state index contributed by atoms with van der Waals surface area (Å²) in [7, 11) is 0. The van der Waals surface area contributed by atoms with E-state index in [9.17, 15) is 14.4 Å². The van der Waals surface area contributed by atoms with E-state index in [1.165, 1.54) is 0 Å². The van der Waals surface area contributed by atoms with E-state index in [1.807, 2.05) is 13.8 Å². The summed E-state index contributed by atoms with van der Waals surface area (Å²) in [6.45, 7) is 5.65. The van der Waals surface area contributed by atoms with Gasteiger partial charge in [0.2, 0.25) is 11.8 Å². The number of rotatable bonds is 9. The molecular weight excluding hydrogens is 272 g/mol. The fourth-order valence-corrected chi connectivity index (χ4v) is 2.68. The van der Waals surface area contributed by atoms with E-state index < -0.39 is 5.97 Å². The zero-order chi connectivity index (χ0) is 15.8. The van der Waals surface area contributed by atoms with Crippen LogP contribution >= 0.6 is 0 Å². The van der Waals surface area contributed by atoms with Gasteiger partial charge in [-0.3, -0.25) is 14.4 Å². The van der Waals surface area contributed by atoms with Crippen molar-refractivity contribution in [1.29, 1.82) is 0 Å². The summed E-state index contributed by atoms with van der Waals surface area (Å²) in [5.41, 5.74) is 0. The highest BCUT2D eigenvalue weighted by Gasteiger charge is 2.33. The first kappa shape index (κ1) is 17.5. The molecule has 0 spiro atoms. The topological polar surface area (TPSA) is 86.7 Å². The molecule has 0 aromatic heterocycles. The van der Waals surface area contributed by atoms with Crippen LogP contribution < -0.4 is 5.32 Å². The summed E-state index contributed by atoms with van der Waals surface area (Å²) in [6, 6.07) is 0. The summed E-state index contributed by atoms with van der Waals surface area (Å²) in [4.78, 5) is 35.9. The maximum Gasteiger partial charge on any atom is 0.303 e. The van der Waals surface area contributed by atoms with Crippen LogP contribution in [0.25, 0.3) is 0 Å². The molecule has 0 bridgehead atoms. The quantitative estimate of drug-likeness (QED) is 0.671. The van der Waals surface area contributed by atoms with Crippen LogP contribution in [0.15, 0.2) is 0 Å². The highest BCUT2D eigenvalue weighted by Crippen LogP contribution is 2.18. The van der Waals surface area contributed by atoms with Gasteiger partial charge >= 0.3 is 5.97 Å². The maximum atomic E-state index is 12.0. The summed E-state index contributed by atoms with van der Waals surface area (Å²) < 4.78 is 0. The standard InChI is InChI=1S/C15H26N2O4/c1-3-11(5-6-14(19)20)7-8-16-15(21)12-9-13(18)17(4-2)10-12/h11-12H,3-10H2,1-2H3,(H,16,21)(H,19,20). The van der Waals surface area contributed by atoms with Crippen molar-refractivity contribution >= 4 is 17.8 Å². The van der Waals surface area contributed by atoms with E-state index >= 15 is 0 Å². The first-order valence-electron chi connectivity index (χ1n) is 7.75. The molecule has 21 heavy (non-hydrogen) atoms. The van der Waals surface area contributed by atoms with Crippen molar-refractivity contribution in [2.75, 3.05) is 19.6 Å². The Kier molecular flexibility index (Phi) is 7.19. The third-order valence-corrected chi connectivity index (χ3v) is 4.16. The van der Waals surface area contributed by atoms with E-state index in [2.05, 4.69) is 5.32 Å². The molecule has 1 fully saturated rings. The van der Waals surface area contributed by atoms with Crippen LogP contribution in [0.2, 0.25) is 0 Å². The molecule has 120 valence electrons. The van der Waals surface area contributed by atoms with E-state index in [0.717, 1.165) is 12.8 Å². The van der Waals surface area contributed by atoms with Gasteiger partial charge in [-0.2, -0.15) is 0 Å². The Balaban J connectivity index is 2.26. The number of likely N-dealkylation sites (tertiary alicyclic amines) is 1. The highest BCUT2D eigenvalue weighted by molar-refractivity contribution is 5.89. The number of carbonyl (C=O) groups excluding carboxylic acids is 2. The molecule has 0 aliphatic carbocycles. The minimum atomic E-state index is -0.776. The zero-order valence-electron chi connectivity index (χ0n) is 12.9. The van der Waals surface area contributed by atoms with E-state index in [1.54, 1.807) is 4.90 Å². The number of carbonyl (C=O) groups is 3.